The van der Waals surface area contributed by atoms with Crippen LogP contribution in [0.3, 0.4) is 0 Å². The SMILES string of the molecule is CC(C)(C)c1cccc(-c2cc(C(C)(C)C)cc(-c3ccccc3)c2-n2[c](=[Pt])n(-c3cccc(Oc4cccc(N5B(c6ccccc6)N(c6ccccc6)c6ccccc65)n4)c3)c3ccccc32)c1. The molecule has 0 bridgehead atoms. The van der Waals surface area contributed by atoms with E-state index in [1.165, 1.54) is 33.4 Å². The maximum atomic E-state index is 6.79. The Balaban J connectivity index is 1.04. The fraction of sp³-hybridized carbons (Fsp3) is 0.129. The van der Waals surface area contributed by atoms with Gasteiger partial charge in [0.05, 0.1) is 0 Å². The number of benzene rings is 8. The van der Waals surface area contributed by atoms with Gasteiger partial charge in [0.2, 0.25) is 0 Å². The van der Waals surface area contributed by atoms with Crippen molar-refractivity contribution in [3.63, 3.8) is 0 Å². The standard InChI is InChI=1S/C62H54BN5O.Pt/c1-61(2,3)46-26-20-25-45(39-46)53-41-47(62(4,5)6)40-52(44-23-10-7-11-24-44)60(53)66-43-65(54-33-16-17-34-55(54)66)50-31-21-32-51(42-50)69-59-38-22-37-58(64-59)68-57-36-19-18-35-56(57)67(49-29-14-9-15-30-49)63(68)48-27-12-8-13-28-48;/h7-42H,1-6H3;. The third-order valence-electron chi connectivity index (χ3n) is 13.3. The molecule has 0 radical (unpaired) electrons. The maximum absolute atomic E-state index is 6.79. The quantitative estimate of drug-likeness (QED) is 0.135. The molecule has 2 aromatic heterocycles. The molecule has 0 unspecified atom stereocenters. The van der Waals surface area contributed by atoms with Crippen LogP contribution in [0.25, 0.3) is 44.7 Å². The predicted molar refractivity (Wildman–Crippen MR) is 287 cm³/mol. The Morgan fingerprint density at radius 1 is 0.457 bits per heavy atom. The van der Waals surface area contributed by atoms with E-state index in [9.17, 15) is 0 Å². The van der Waals surface area contributed by atoms with Crippen molar-refractivity contribution >= 4 is 46.4 Å². The first-order chi connectivity index (χ1) is 33.9. The van der Waals surface area contributed by atoms with Crippen molar-refractivity contribution in [1.82, 2.24) is 14.1 Å². The van der Waals surface area contributed by atoms with Gasteiger partial charge in [-0.25, -0.2) is 0 Å². The van der Waals surface area contributed by atoms with E-state index in [0.717, 1.165) is 54.6 Å². The number of hydrogen-bond acceptors (Lipinski definition) is 4. The Labute approximate surface area is 422 Å². The summed E-state index contributed by atoms with van der Waals surface area (Å²) in [6.07, 6.45) is 0. The number of nitrogens with zero attached hydrogens (tertiary/aromatic N) is 5. The number of pyridine rings is 1. The van der Waals surface area contributed by atoms with Gasteiger partial charge < -0.3 is 0 Å². The molecule has 1 aliphatic heterocycles. The second kappa shape index (κ2) is 18.1. The van der Waals surface area contributed by atoms with Crippen LogP contribution >= 0.6 is 0 Å². The van der Waals surface area contributed by atoms with Crippen LogP contribution in [0.1, 0.15) is 52.7 Å². The van der Waals surface area contributed by atoms with E-state index in [2.05, 4.69) is 280 Å². The zero-order valence-electron chi connectivity index (χ0n) is 40.3. The van der Waals surface area contributed by atoms with Gasteiger partial charge in [-0.05, 0) is 18.2 Å². The number of ether oxygens (including phenoxy) is 1. The fourth-order valence-corrected chi connectivity index (χ4v) is 10.9. The molecular weight excluding hydrogens is 1040 g/mol. The van der Waals surface area contributed by atoms with Gasteiger partial charge in [0.15, 0.2) is 0 Å². The fourth-order valence-electron chi connectivity index (χ4n) is 9.78. The van der Waals surface area contributed by atoms with Crippen molar-refractivity contribution in [2.75, 3.05) is 9.62 Å². The van der Waals surface area contributed by atoms with Gasteiger partial charge >= 0.3 is 341 Å². The molecule has 0 amide bonds. The van der Waals surface area contributed by atoms with E-state index < -0.39 is 0 Å². The molecule has 0 spiro atoms. The van der Waals surface area contributed by atoms with E-state index >= 15 is 0 Å². The van der Waals surface area contributed by atoms with E-state index in [1.807, 2.05) is 18.2 Å². The minimum absolute atomic E-state index is 0.0184. The van der Waals surface area contributed by atoms with E-state index in [-0.39, 0.29) is 17.8 Å². The number of imidazole rings is 1. The summed E-state index contributed by atoms with van der Waals surface area (Å²) in [5.41, 5.74) is 16.0. The molecule has 0 saturated carbocycles. The van der Waals surface area contributed by atoms with Crippen LogP contribution in [-0.4, -0.2) is 21.1 Å². The number of anilines is 4. The average molecular weight is 1090 g/mol. The van der Waals surface area contributed by atoms with E-state index in [0.29, 0.717) is 11.6 Å². The summed E-state index contributed by atoms with van der Waals surface area (Å²) in [5.74, 6) is 1.98. The Hall–Kier alpha value is -7.47. The first-order valence-electron chi connectivity index (χ1n) is 24.0. The van der Waals surface area contributed by atoms with Crippen molar-refractivity contribution in [1.29, 1.82) is 0 Å². The summed E-state index contributed by atoms with van der Waals surface area (Å²) in [6, 6.07) is 77.8. The second-order valence-electron chi connectivity index (χ2n) is 20.0. The van der Waals surface area contributed by atoms with Gasteiger partial charge in [-0.3, -0.25) is 0 Å². The molecule has 0 saturated heterocycles. The van der Waals surface area contributed by atoms with E-state index in [4.69, 9.17) is 9.72 Å². The van der Waals surface area contributed by atoms with E-state index in [1.54, 1.807) is 0 Å². The number of hydrogen-bond donors (Lipinski definition) is 0. The van der Waals surface area contributed by atoms with Crippen molar-refractivity contribution in [2.45, 2.75) is 52.4 Å². The molecule has 8 aromatic carbocycles. The zero-order valence-corrected chi connectivity index (χ0v) is 42.6. The number of aromatic nitrogens is 3. The molecule has 6 nitrogen and oxygen atoms in total. The van der Waals surface area contributed by atoms with Crippen molar-refractivity contribution in [3.8, 4) is 45.3 Å². The Bertz CT molecular complexity index is 3590. The molecule has 70 heavy (non-hydrogen) atoms. The normalized spacial score (nSPS) is 12.7. The zero-order chi connectivity index (χ0) is 48.1. The molecule has 346 valence electrons. The Morgan fingerprint density at radius 3 is 1.69 bits per heavy atom. The Morgan fingerprint density at radius 2 is 1.00 bits per heavy atom. The van der Waals surface area contributed by atoms with Crippen LogP contribution in [0.4, 0.5) is 22.9 Å². The molecule has 0 atom stereocenters. The summed E-state index contributed by atoms with van der Waals surface area (Å²) in [6.45, 7) is 13.6. The summed E-state index contributed by atoms with van der Waals surface area (Å²) >= 11 is 2.53. The molecule has 0 fully saturated rings. The summed E-state index contributed by atoms with van der Waals surface area (Å²) in [4.78, 5) is 9.97. The van der Waals surface area contributed by atoms with Crippen LogP contribution in [0.5, 0.6) is 11.6 Å². The third-order valence-corrected chi connectivity index (χ3v) is 14.3. The van der Waals surface area contributed by atoms with Crippen LogP contribution in [0.2, 0.25) is 0 Å². The van der Waals surface area contributed by atoms with Gasteiger partial charge in [0, 0.05) is 5.69 Å². The third kappa shape index (κ3) is 8.32. The molecular formula is C62H54BN5OPt. The molecule has 11 rings (SSSR count). The summed E-state index contributed by atoms with van der Waals surface area (Å²) in [5, 5.41) is 0. The van der Waals surface area contributed by atoms with Crippen molar-refractivity contribution < 1.29 is 24.1 Å². The molecule has 0 aliphatic carbocycles. The first kappa shape index (κ1) is 45.0. The number of fused-ring (bicyclic) bond motifs is 2. The second-order valence-corrected chi connectivity index (χ2v) is 21.1. The topological polar surface area (TPSA) is 38.5 Å². The van der Waals surface area contributed by atoms with Crippen LogP contribution in [-0.2, 0) is 30.2 Å². The van der Waals surface area contributed by atoms with Gasteiger partial charge in [0.25, 0.3) is 0 Å². The summed E-state index contributed by atoms with van der Waals surface area (Å²) < 4.78 is 12.6. The van der Waals surface area contributed by atoms with Gasteiger partial charge in [-0.2, -0.15) is 0 Å². The first-order valence-corrected chi connectivity index (χ1v) is 25.1. The molecule has 8 heteroatoms. The van der Waals surface area contributed by atoms with Gasteiger partial charge in [-0.1, -0.05) is 60.7 Å². The van der Waals surface area contributed by atoms with Crippen LogP contribution in [0.15, 0.2) is 218 Å². The average Bonchev–Trinajstić information content (AvgIpc) is 3.88. The minimum atomic E-state index is -0.182. The molecule has 1 aliphatic rings. The molecule has 3 heterocycles. The van der Waals surface area contributed by atoms with Gasteiger partial charge in [-0.15, -0.1) is 0 Å². The molecule has 0 N–H and O–H groups in total. The monoisotopic (exact) mass is 1090 g/mol. The summed E-state index contributed by atoms with van der Waals surface area (Å²) in [7, 11) is 0. The van der Waals surface area contributed by atoms with Crippen molar-refractivity contribution in [2.24, 2.45) is 0 Å². The van der Waals surface area contributed by atoms with Gasteiger partial charge in [0.1, 0.15) is 0 Å². The Kier molecular flexibility index (Phi) is 11.7. The molecule has 10 aromatic rings. The number of rotatable bonds is 9. The van der Waals surface area contributed by atoms with Crippen LogP contribution < -0.4 is 19.8 Å². The number of para-hydroxylation sites is 5. The van der Waals surface area contributed by atoms with Crippen LogP contribution in [0, 0.1) is 3.80 Å². The predicted octanol–water partition coefficient (Wildman–Crippen LogP) is 15.3. The van der Waals surface area contributed by atoms with Crippen molar-refractivity contribution in [3.05, 3.63) is 233 Å².